The highest BCUT2D eigenvalue weighted by atomic mass is 35.5. The molecule has 1 aromatic heterocycles. The molecule has 2 N–H and O–H groups in total. The first kappa shape index (κ1) is 18.7. The maximum atomic E-state index is 6.29. The largest absolute Gasteiger partial charge is 0.493 e. The van der Waals surface area contributed by atoms with Gasteiger partial charge in [-0.3, -0.25) is 0 Å². The van der Waals surface area contributed by atoms with Crippen LogP contribution in [0.15, 0.2) is 47.8 Å². The predicted octanol–water partition coefficient (Wildman–Crippen LogP) is 4.31. The highest BCUT2D eigenvalue weighted by molar-refractivity contribution is 7.13. The first-order chi connectivity index (χ1) is 12.6. The van der Waals surface area contributed by atoms with Crippen LogP contribution in [0.2, 0.25) is 5.02 Å². The molecule has 0 saturated heterocycles. The van der Waals surface area contributed by atoms with Crippen LogP contribution in [0.4, 0.5) is 0 Å². The van der Waals surface area contributed by atoms with Crippen LogP contribution in [-0.4, -0.2) is 19.2 Å². The number of thiazole rings is 1. The Balaban J connectivity index is 1.74. The molecular weight excluding hydrogens is 368 g/mol. The van der Waals surface area contributed by atoms with E-state index in [9.17, 15) is 0 Å². The summed E-state index contributed by atoms with van der Waals surface area (Å²) in [6, 6.07) is 14.1. The van der Waals surface area contributed by atoms with Crippen LogP contribution in [0.3, 0.4) is 0 Å². The molecule has 3 aromatic rings. The van der Waals surface area contributed by atoms with E-state index >= 15 is 0 Å². The average molecular weight is 390 g/mol. The van der Waals surface area contributed by atoms with Gasteiger partial charge in [0.15, 0.2) is 11.5 Å². The molecule has 4 nitrogen and oxygen atoms in total. The van der Waals surface area contributed by atoms with E-state index in [1.165, 1.54) is 0 Å². The van der Waals surface area contributed by atoms with Crippen molar-refractivity contribution >= 4 is 22.9 Å². The van der Waals surface area contributed by atoms with Crippen LogP contribution < -0.4 is 14.8 Å². The average Bonchev–Trinajstić information content (AvgIpc) is 3.14. The van der Waals surface area contributed by atoms with Crippen LogP contribution in [0, 0.1) is 0 Å². The fourth-order valence-corrected chi connectivity index (χ4v) is 4.01. The normalized spacial score (nSPS) is 12.0. The van der Waals surface area contributed by atoms with E-state index in [0.29, 0.717) is 11.5 Å². The Morgan fingerprint density at radius 3 is 2.65 bits per heavy atom. The Kier molecular flexibility index (Phi) is 6.14. The van der Waals surface area contributed by atoms with Gasteiger partial charge >= 0.3 is 0 Å². The third-order valence-corrected chi connectivity index (χ3v) is 5.53. The predicted molar refractivity (Wildman–Crippen MR) is 106 cm³/mol. The molecule has 0 spiro atoms. The quantitative estimate of drug-likeness (QED) is 0.655. The molecule has 0 saturated carbocycles. The molecule has 2 aromatic carbocycles. The summed E-state index contributed by atoms with van der Waals surface area (Å²) in [6.07, 6.45) is 0. The van der Waals surface area contributed by atoms with Gasteiger partial charge in [-0.25, -0.2) is 4.98 Å². The number of benzene rings is 2. The lowest BCUT2D eigenvalue weighted by Gasteiger charge is -2.12. The van der Waals surface area contributed by atoms with Gasteiger partial charge in [0.1, 0.15) is 23.3 Å². The number of nitrogens with two attached hydrogens (primary N) is 1. The molecule has 0 fully saturated rings. The van der Waals surface area contributed by atoms with E-state index in [2.05, 4.69) is 23.7 Å². The molecule has 0 aliphatic rings. The van der Waals surface area contributed by atoms with Crippen molar-refractivity contribution in [1.82, 2.24) is 4.98 Å². The van der Waals surface area contributed by atoms with E-state index in [0.717, 1.165) is 33.4 Å². The molecule has 0 aliphatic carbocycles. The molecule has 0 radical (unpaired) electrons. The molecule has 3 rings (SSSR count). The van der Waals surface area contributed by atoms with Crippen LogP contribution in [0.25, 0.3) is 10.6 Å². The van der Waals surface area contributed by atoms with Gasteiger partial charge in [0.05, 0.1) is 19.8 Å². The van der Waals surface area contributed by atoms with Crippen LogP contribution in [0.1, 0.15) is 24.2 Å². The minimum atomic E-state index is 0.264. The van der Waals surface area contributed by atoms with Crippen molar-refractivity contribution < 1.29 is 14.8 Å². The molecule has 0 amide bonds. The smallest absolute Gasteiger partial charge is 0.170 e. The Morgan fingerprint density at radius 1 is 1.12 bits per heavy atom. The molecule has 6 heteroatoms. The maximum absolute atomic E-state index is 6.29. The van der Waals surface area contributed by atoms with Crippen LogP contribution >= 0.6 is 22.9 Å². The Hall–Kier alpha value is -2.08. The van der Waals surface area contributed by atoms with Gasteiger partial charge in [0.2, 0.25) is 0 Å². The van der Waals surface area contributed by atoms with E-state index < -0.39 is 0 Å². The van der Waals surface area contributed by atoms with Gasteiger partial charge in [-0.1, -0.05) is 35.9 Å². The summed E-state index contributed by atoms with van der Waals surface area (Å²) >= 11 is 7.90. The number of aromatic nitrogens is 1. The van der Waals surface area contributed by atoms with Crippen molar-refractivity contribution in [2.45, 2.75) is 19.5 Å². The minimum absolute atomic E-state index is 0.264. The maximum Gasteiger partial charge on any atom is 0.170 e. The fraction of sp³-hybridized carbons (Fsp3) is 0.250. The summed E-state index contributed by atoms with van der Waals surface area (Å²) < 4.78 is 10.9. The second kappa shape index (κ2) is 8.54. The van der Waals surface area contributed by atoms with Gasteiger partial charge < -0.3 is 14.8 Å². The monoisotopic (exact) mass is 389 g/mol. The molecule has 1 heterocycles. The van der Waals surface area contributed by atoms with Crippen molar-refractivity contribution in [1.29, 1.82) is 0 Å². The highest BCUT2D eigenvalue weighted by Crippen LogP contribution is 2.38. The molecule has 136 valence electrons. The molecule has 1 atom stereocenters. The van der Waals surface area contributed by atoms with Crippen molar-refractivity contribution in [3.8, 4) is 22.1 Å². The zero-order chi connectivity index (χ0) is 18.5. The van der Waals surface area contributed by atoms with Crippen molar-refractivity contribution in [3.63, 3.8) is 0 Å². The third kappa shape index (κ3) is 4.01. The summed E-state index contributed by atoms with van der Waals surface area (Å²) in [4.78, 5) is 4.77. The van der Waals surface area contributed by atoms with E-state index in [1.54, 1.807) is 25.6 Å². The minimum Gasteiger partial charge on any atom is -0.493 e. The number of methoxy groups -OCH3 is 2. The summed E-state index contributed by atoms with van der Waals surface area (Å²) in [5, 5.41) is 6.05. The summed E-state index contributed by atoms with van der Waals surface area (Å²) in [5.74, 6) is 1.42. The first-order valence-corrected chi connectivity index (χ1v) is 9.63. The van der Waals surface area contributed by atoms with E-state index in [-0.39, 0.29) is 6.04 Å². The number of halogens is 1. The summed E-state index contributed by atoms with van der Waals surface area (Å²) in [5.41, 5.74) is 3.12. The summed E-state index contributed by atoms with van der Waals surface area (Å²) in [6.45, 7) is 2.94. The summed E-state index contributed by atoms with van der Waals surface area (Å²) in [7, 11) is 3.29. The highest BCUT2D eigenvalue weighted by Gasteiger charge is 2.16. The Bertz CT molecular complexity index is 882. The van der Waals surface area contributed by atoms with Crippen molar-refractivity contribution in [2.75, 3.05) is 14.2 Å². The van der Waals surface area contributed by atoms with E-state index in [4.69, 9.17) is 26.1 Å². The standard InChI is InChI=1S/C20H21ClN2O2S/c1-13(15-7-4-5-9-17(15)21)22-11-14-12-26-20(23-14)16-8-6-10-18(24-2)19(16)25-3/h4-10,12-13,22H,11H2,1-3H3/p+1/t13-/m1/s1. The van der Waals surface area contributed by atoms with Gasteiger partial charge in [-0.05, 0) is 25.1 Å². The Morgan fingerprint density at radius 2 is 1.92 bits per heavy atom. The second-order valence-electron chi connectivity index (χ2n) is 5.94. The third-order valence-electron chi connectivity index (χ3n) is 4.26. The topological polar surface area (TPSA) is 48.0 Å². The zero-order valence-corrected chi connectivity index (χ0v) is 16.6. The number of hydrogen-bond donors (Lipinski definition) is 1. The number of quaternary nitrogens is 1. The molecule has 0 unspecified atom stereocenters. The van der Waals surface area contributed by atoms with Gasteiger partial charge in [0, 0.05) is 16.0 Å². The SMILES string of the molecule is COc1cccc(-c2nc(C[NH2+][C@H](C)c3ccccc3Cl)cs2)c1OC. The number of ether oxygens (including phenoxy) is 2. The van der Waals surface area contributed by atoms with Crippen LogP contribution in [0.5, 0.6) is 11.5 Å². The lowest BCUT2D eigenvalue weighted by molar-refractivity contribution is -0.708. The molecule has 26 heavy (non-hydrogen) atoms. The van der Waals surface area contributed by atoms with E-state index in [1.807, 2.05) is 36.4 Å². The fourth-order valence-electron chi connectivity index (χ4n) is 2.85. The lowest BCUT2D eigenvalue weighted by atomic mass is 10.1. The van der Waals surface area contributed by atoms with Crippen molar-refractivity contribution in [2.24, 2.45) is 0 Å². The molecule has 0 bridgehead atoms. The number of nitrogens with zero attached hydrogens (tertiary/aromatic N) is 1. The number of para-hydroxylation sites is 1. The Labute approximate surface area is 162 Å². The van der Waals surface area contributed by atoms with Gasteiger partial charge in [0.25, 0.3) is 0 Å². The lowest BCUT2D eigenvalue weighted by Crippen LogP contribution is -2.83. The first-order valence-electron chi connectivity index (χ1n) is 8.37. The molecule has 0 aliphatic heterocycles. The number of hydrogen-bond acceptors (Lipinski definition) is 4. The molecular formula is C20H22ClN2O2S+. The van der Waals surface area contributed by atoms with Crippen LogP contribution in [-0.2, 0) is 6.54 Å². The van der Waals surface area contributed by atoms with Gasteiger partial charge in [-0.15, -0.1) is 11.3 Å². The zero-order valence-electron chi connectivity index (χ0n) is 15.0. The number of rotatable bonds is 7. The second-order valence-corrected chi connectivity index (χ2v) is 7.20. The van der Waals surface area contributed by atoms with Gasteiger partial charge in [-0.2, -0.15) is 0 Å². The van der Waals surface area contributed by atoms with Crippen molar-refractivity contribution in [3.05, 3.63) is 64.1 Å².